The van der Waals surface area contributed by atoms with Gasteiger partial charge in [-0.1, -0.05) is 11.6 Å². The molecule has 0 atom stereocenters. The second-order valence-electron chi connectivity index (χ2n) is 5.79. The average molecular weight is 360 g/mol. The predicted molar refractivity (Wildman–Crippen MR) is 98.3 cm³/mol. The van der Waals surface area contributed by atoms with Gasteiger partial charge in [0.25, 0.3) is 0 Å². The Balaban J connectivity index is 1.76. The van der Waals surface area contributed by atoms with Gasteiger partial charge in [0.1, 0.15) is 17.1 Å². The minimum atomic E-state index is 0.400. The molecular formula is C17H18ClN5O2. The normalized spacial score (nSPS) is 14.9. The number of morpholine rings is 1. The van der Waals surface area contributed by atoms with E-state index >= 15 is 0 Å². The van der Waals surface area contributed by atoms with Crippen LogP contribution in [-0.2, 0) is 4.74 Å². The minimum absolute atomic E-state index is 0.400. The number of anilines is 2. The number of nitrogen functional groups attached to an aromatic ring is 1. The number of ether oxygens (including phenoxy) is 2. The van der Waals surface area contributed by atoms with Crippen molar-refractivity contribution in [1.82, 2.24) is 15.0 Å². The summed E-state index contributed by atoms with van der Waals surface area (Å²) < 4.78 is 11.0. The number of aromatic amines is 1. The number of halogens is 1. The number of benzene rings is 1. The Bertz CT molecular complexity index is 921. The van der Waals surface area contributed by atoms with Gasteiger partial charge in [0.2, 0.25) is 0 Å². The third-order valence-electron chi connectivity index (χ3n) is 4.33. The Hall–Kier alpha value is -2.51. The van der Waals surface area contributed by atoms with Gasteiger partial charge in [-0.15, -0.1) is 0 Å². The minimum Gasteiger partial charge on any atom is -0.496 e. The lowest BCUT2D eigenvalue weighted by atomic mass is 10.1. The van der Waals surface area contributed by atoms with Crippen LogP contribution in [0.15, 0.2) is 24.4 Å². The van der Waals surface area contributed by atoms with E-state index in [-0.39, 0.29) is 0 Å². The molecule has 130 valence electrons. The Morgan fingerprint density at radius 3 is 2.88 bits per heavy atom. The van der Waals surface area contributed by atoms with Crippen LogP contribution in [0.2, 0.25) is 5.02 Å². The summed E-state index contributed by atoms with van der Waals surface area (Å²) in [5.41, 5.74) is 9.54. The molecule has 0 spiro atoms. The van der Waals surface area contributed by atoms with Crippen molar-refractivity contribution in [3.63, 3.8) is 0 Å². The fourth-order valence-corrected chi connectivity index (χ4v) is 3.12. The molecule has 0 aliphatic carbocycles. The Labute approximate surface area is 149 Å². The number of nitrogens with zero attached hydrogens (tertiary/aromatic N) is 3. The van der Waals surface area contributed by atoms with Gasteiger partial charge in [-0.2, -0.15) is 0 Å². The maximum atomic E-state index is 6.03. The maximum Gasteiger partial charge on any atom is 0.180 e. The van der Waals surface area contributed by atoms with Crippen LogP contribution >= 0.6 is 11.6 Å². The van der Waals surface area contributed by atoms with E-state index in [9.17, 15) is 0 Å². The molecule has 0 bridgehead atoms. The third kappa shape index (κ3) is 2.85. The first-order chi connectivity index (χ1) is 12.2. The summed E-state index contributed by atoms with van der Waals surface area (Å²) in [6.07, 6.45) is 1.50. The topological polar surface area (TPSA) is 89.3 Å². The fourth-order valence-electron chi connectivity index (χ4n) is 2.97. The summed E-state index contributed by atoms with van der Waals surface area (Å²) >= 11 is 6.03. The highest BCUT2D eigenvalue weighted by molar-refractivity contribution is 6.34. The van der Waals surface area contributed by atoms with Crippen LogP contribution in [0.4, 0.5) is 11.4 Å². The predicted octanol–water partition coefficient (Wildman–Crippen LogP) is 2.71. The van der Waals surface area contributed by atoms with Crippen molar-refractivity contribution in [2.24, 2.45) is 0 Å². The van der Waals surface area contributed by atoms with Crippen molar-refractivity contribution in [2.75, 3.05) is 44.0 Å². The van der Waals surface area contributed by atoms with Crippen molar-refractivity contribution in [3.8, 4) is 17.1 Å². The molecular weight excluding hydrogens is 342 g/mol. The van der Waals surface area contributed by atoms with Gasteiger partial charge in [0, 0.05) is 24.8 Å². The van der Waals surface area contributed by atoms with E-state index in [1.165, 1.54) is 6.20 Å². The number of H-pyrrole nitrogens is 1. The quantitative estimate of drug-likeness (QED) is 0.747. The standard InChI is InChI=1S/C17H18ClN5O2/c1-24-13-8-10(23-4-6-25-7-5-23)2-3-11(13)16-21-15-14(19)12(18)9-20-17(15)22-16/h2-3,8-9H,4-7H2,1H3,(H3,19,20,21,22). The van der Waals surface area contributed by atoms with Gasteiger partial charge in [0.15, 0.2) is 5.65 Å². The number of pyridine rings is 1. The monoisotopic (exact) mass is 359 g/mol. The van der Waals surface area contributed by atoms with Crippen LogP contribution in [-0.4, -0.2) is 48.4 Å². The lowest BCUT2D eigenvalue weighted by Gasteiger charge is -2.29. The molecule has 1 aliphatic rings. The molecule has 0 radical (unpaired) electrons. The van der Waals surface area contributed by atoms with Crippen LogP contribution in [0.5, 0.6) is 5.75 Å². The van der Waals surface area contributed by atoms with Gasteiger partial charge in [-0.05, 0) is 12.1 Å². The van der Waals surface area contributed by atoms with E-state index in [1.807, 2.05) is 12.1 Å². The summed E-state index contributed by atoms with van der Waals surface area (Å²) in [7, 11) is 1.65. The zero-order valence-electron chi connectivity index (χ0n) is 13.8. The summed E-state index contributed by atoms with van der Waals surface area (Å²) in [4.78, 5) is 14.2. The van der Waals surface area contributed by atoms with Crippen molar-refractivity contribution < 1.29 is 9.47 Å². The van der Waals surface area contributed by atoms with Gasteiger partial charge in [0.05, 0.1) is 42.8 Å². The molecule has 1 aliphatic heterocycles. The largest absolute Gasteiger partial charge is 0.496 e. The Kier molecular flexibility index (Phi) is 4.10. The zero-order chi connectivity index (χ0) is 17.4. The smallest absolute Gasteiger partial charge is 0.180 e. The Morgan fingerprint density at radius 2 is 2.12 bits per heavy atom. The first kappa shape index (κ1) is 16.0. The molecule has 3 N–H and O–H groups in total. The molecule has 2 aromatic heterocycles. The van der Waals surface area contributed by atoms with E-state index in [0.29, 0.717) is 27.7 Å². The van der Waals surface area contributed by atoms with E-state index in [2.05, 4.69) is 25.9 Å². The third-order valence-corrected chi connectivity index (χ3v) is 4.63. The number of hydrogen-bond acceptors (Lipinski definition) is 6. The SMILES string of the molecule is COc1cc(N2CCOCC2)ccc1-c1nc2ncc(Cl)c(N)c2[nH]1. The molecule has 3 aromatic rings. The lowest BCUT2D eigenvalue weighted by molar-refractivity contribution is 0.122. The molecule has 0 saturated carbocycles. The zero-order valence-corrected chi connectivity index (χ0v) is 14.5. The summed E-state index contributed by atoms with van der Waals surface area (Å²) in [5.74, 6) is 1.37. The highest BCUT2D eigenvalue weighted by Crippen LogP contribution is 2.34. The highest BCUT2D eigenvalue weighted by atomic mass is 35.5. The van der Waals surface area contributed by atoms with Crippen LogP contribution in [0, 0.1) is 0 Å². The van der Waals surface area contributed by atoms with E-state index in [4.69, 9.17) is 26.8 Å². The maximum absolute atomic E-state index is 6.03. The van der Waals surface area contributed by atoms with Gasteiger partial charge in [-0.3, -0.25) is 0 Å². The van der Waals surface area contributed by atoms with Gasteiger partial charge < -0.3 is 25.1 Å². The van der Waals surface area contributed by atoms with Gasteiger partial charge in [-0.25, -0.2) is 9.97 Å². The molecule has 0 amide bonds. The average Bonchev–Trinajstić information content (AvgIpc) is 3.10. The molecule has 3 heterocycles. The van der Waals surface area contributed by atoms with Gasteiger partial charge >= 0.3 is 0 Å². The molecule has 4 rings (SSSR count). The number of hydrogen-bond donors (Lipinski definition) is 2. The summed E-state index contributed by atoms with van der Waals surface area (Å²) in [5, 5.41) is 0.400. The first-order valence-electron chi connectivity index (χ1n) is 7.98. The number of nitrogens with one attached hydrogen (secondary N) is 1. The number of nitrogens with two attached hydrogens (primary N) is 1. The number of aromatic nitrogens is 3. The van der Waals surface area contributed by atoms with Crippen molar-refractivity contribution in [1.29, 1.82) is 0 Å². The fraction of sp³-hybridized carbons (Fsp3) is 0.294. The van der Waals surface area contributed by atoms with Crippen LogP contribution in [0.1, 0.15) is 0 Å². The van der Waals surface area contributed by atoms with Crippen LogP contribution in [0.3, 0.4) is 0 Å². The molecule has 7 nitrogen and oxygen atoms in total. The molecule has 1 fully saturated rings. The van der Waals surface area contributed by atoms with Crippen LogP contribution < -0.4 is 15.4 Å². The second kappa shape index (κ2) is 6.42. The molecule has 8 heteroatoms. The number of fused-ring (bicyclic) bond motifs is 1. The number of rotatable bonds is 3. The summed E-state index contributed by atoms with van der Waals surface area (Å²) in [6, 6.07) is 6.05. The molecule has 0 unspecified atom stereocenters. The Morgan fingerprint density at radius 1 is 1.32 bits per heavy atom. The van der Waals surface area contributed by atoms with E-state index in [0.717, 1.165) is 43.3 Å². The van der Waals surface area contributed by atoms with Crippen molar-refractivity contribution in [3.05, 3.63) is 29.4 Å². The number of methoxy groups -OCH3 is 1. The van der Waals surface area contributed by atoms with E-state index < -0.39 is 0 Å². The molecule has 1 aromatic carbocycles. The summed E-state index contributed by atoms with van der Waals surface area (Å²) in [6.45, 7) is 3.21. The molecule has 1 saturated heterocycles. The number of imidazole rings is 1. The van der Waals surface area contributed by atoms with Crippen molar-refractivity contribution in [2.45, 2.75) is 0 Å². The van der Waals surface area contributed by atoms with Crippen molar-refractivity contribution >= 4 is 34.1 Å². The molecule has 25 heavy (non-hydrogen) atoms. The van der Waals surface area contributed by atoms with E-state index in [1.54, 1.807) is 7.11 Å². The van der Waals surface area contributed by atoms with Crippen LogP contribution in [0.25, 0.3) is 22.6 Å². The second-order valence-corrected chi connectivity index (χ2v) is 6.20. The first-order valence-corrected chi connectivity index (χ1v) is 8.36. The lowest BCUT2D eigenvalue weighted by Crippen LogP contribution is -2.36. The highest BCUT2D eigenvalue weighted by Gasteiger charge is 2.17.